The van der Waals surface area contributed by atoms with E-state index in [0.29, 0.717) is 0 Å². The fourth-order valence-corrected chi connectivity index (χ4v) is 2.55. The molecule has 2 atom stereocenters. The van der Waals surface area contributed by atoms with E-state index in [9.17, 15) is 4.79 Å². The fraction of sp³-hybridized carbons (Fsp3) is 0.381. The smallest absolute Gasteiger partial charge is 0.311 e. The first-order valence-electron chi connectivity index (χ1n) is 8.48. The number of carbonyl (C=O) groups is 1. The summed E-state index contributed by atoms with van der Waals surface area (Å²) in [6.07, 6.45) is 0. The third-order valence-corrected chi connectivity index (χ3v) is 3.85. The maximum Gasteiger partial charge on any atom is 0.311 e. The Kier molecular flexibility index (Phi) is 6.07. The van der Waals surface area contributed by atoms with Gasteiger partial charge >= 0.3 is 5.97 Å². The van der Waals surface area contributed by atoms with Crippen molar-refractivity contribution in [3.05, 3.63) is 60.2 Å². The topological polar surface area (TPSA) is 47.6 Å². The molecule has 0 aromatic heterocycles. The summed E-state index contributed by atoms with van der Waals surface area (Å²) < 4.78 is 10.8. The summed E-state index contributed by atoms with van der Waals surface area (Å²) in [4.78, 5) is 12.6. The van der Waals surface area contributed by atoms with Crippen LogP contribution in [0.2, 0.25) is 0 Å². The molecular formula is C21H27NO3. The number of esters is 1. The maximum atomic E-state index is 12.6. The number of rotatable bonds is 6. The van der Waals surface area contributed by atoms with E-state index in [2.05, 4.69) is 5.32 Å². The summed E-state index contributed by atoms with van der Waals surface area (Å²) >= 11 is 0. The summed E-state index contributed by atoms with van der Waals surface area (Å²) in [6, 6.07) is 17.4. The van der Waals surface area contributed by atoms with Gasteiger partial charge in [0.1, 0.15) is 11.4 Å². The second kappa shape index (κ2) is 8.06. The van der Waals surface area contributed by atoms with E-state index in [1.54, 1.807) is 7.11 Å². The molecule has 25 heavy (non-hydrogen) atoms. The predicted molar refractivity (Wildman–Crippen MR) is 101 cm³/mol. The van der Waals surface area contributed by atoms with Crippen molar-refractivity contribution in [3.63, 3.8) is 0 Å². The van der Waals surface area contributed by atoms with Crippen LogP contribution in [0, 0.1) is 5.92 Å². The second-order valence-electron chi connectivity index (χ2n) is 7.08. The molecule has 0 amide bonds. The van der Waals surface area contributed by atoms with E-state index in [4.69, 9.17) is 9.47 Å². The Morgan fingerprint density at radius 3 is 2.12 bits per heavy atom. The van der Waals surface area contributed by atoms with Gasteiger partial charge in [0.25, 0.3) is 0 Å². The molecule has 0 aliphatic carbocycles. The largest absolute Gasteiger partial charge is 0.497 e. The molecule has 0 bridgehead atoms. The summed E-state index contributed by atoms with van der Waals surface area (Å²) in [6.45, 7) is 7.53. The lowest BCUT2D eigenvalue weighted by atomic mass is 9.93. The molecule has 0 fully saturated rings. The molecule has 0 aliphatic rings. The molecule has 4 nitrogen and oxygen atoms in total. The van der Waals surface area contributed by atoms with Crippen molar-refractivity contribution in [2.75, 3.05) is 12.4 Å². The van der Waals surface area contributed by atoms with Crippen LogP contribution in [0.1, 0.15) is 39.3 Å². The van der Waals surface area contributed by atoms with Gasteiger partial charge < -0.3 is 14.8 Å². The van der Waals surface area contributed by atoms with Gasteiger partial charge in [-0.1, -0.05) is 30.3 Å². The average molecular weight is 341 g/mol. The molecule has 0 saturated carbocycles. The lowest BCUT2D eigenvalue weighted by Crippen LogP contribution is -2.32. The molecule has 0 heterocycles. The van der Waals surface area contributed by atoms with Gasteiger partial charge in [-0.25, -0.2) is 0 Å². The fourth-order valence-electron chi connectivity index (χ4n) is 2.55. The Morgan fingerprint density at radius 1 is 1.00 bits per heavy atom. The monoisotopic (exact) mass is 341 g/mol. The molecule has 0 spiro atoms. The summed E-state index contributed by atoms with van der Waals surface area (Å²) in [5.74, 6) is 0.205. The van der Waals surface area contributed by atoms with Gasteiger partial charge in [-0.3, -0.25) is 4.79 Å². The zero-order valence-corrected chi connectivity index (χ0v) is 15.6. The quantitative estimate of drug-likeness (QED) is 0.765. The highest BCUT2D eigenvalue weighted by atomic mass is 16.6. The van der Waals surface area contributed by atoms with Crippen LogP contribution in [0.3, 0.4) is 0 Å². The lowest BCUT2D eigenvalue weighted by molar-refractivity contribution is -0.159. The van der Waals surface area contributed by atoms with Crippen LogP contribution >= 0.6 is 0 Å². The number of anilines is 1. The SMILES string of the molecule is COc1ccc([C@@H](Nc2ccccc2)[C@@H](C)C(=O)OC(C)(C)C)cc1. The zero-order valence-electron chi connectivity index (χ0n) is 15.6. The molecular weight excluding hydrogens is 314 g/mol. The molecule has 0 radical (unpaired) electrons. The van der Waals surface area contributed by atoms with E-state index < -0.39 is 5.60 Å². The van der Waals surface area contributed by atoms with Gasteiger partial charge in [0.05, 0.1) is 19.1 Å². The number of nitrogens with one attached hydrogen (secondary N) is 1. The first-order valence-corrected chi connectivity index (χ1v) is 8.48. The number of ether oxygens (including phenoxy) is 2. The van der Waals surface area contributed by atoms with E-state index >= 15 is 0 Å². The maximum absolute atomic E-state index is 12.6. The van der Waals surface area contributed by atoms with Crippen LogP contribution in [0.5, 0.6) is 5.75 Å². The molecule has 0 unspecified atom stereocenters. The van der Waals surface area contributed by atoms with Crippen LogP contribution in [0.15, 0.2) is 54.6 Å². The van der Waals surface area contributed by atoms with Gasteiger partial charge in [0.2, 0.25) is 0 Å². The summed E-state index contributed by atoms with van der Waals surface area (Å²) in [5.41, 5.74) is 1.45. The van der Waals surface area contributed by atoms with E-state index in [-0.39, 0.29) is 17.9 Å². The van der Waals surface area contributed by atoms with Gasteiger partial charge in [-0.15, -0.1) is 0 Å². The van der Waals surface area contributed by atoms with Crippen molar-refractivity contribution in [1.29, 1.82) is 0 Å². The lowest BCUT2D eigenvalue weighted by Gasteiger charge is -2.28. The molecule has 2 rings (SSSR count). The third-order valence-electron chi connectivity index (χ3n) is 3.85. The number of hydrogen-bond acceptors (Lipinski definition) is 4. The van der Waals surface area contributed by atoms with Crippen LogP contribution < -0.4 is 10.1 Å². The number of benzene rings is 2. The Bertz CT molecular complexity index is 675. The molecule has 0 saturated heterocycles. The zero-order chi connectivity index (χ0) is 18.4. The Hall–Kier alpha value is -2.49. The molecule has 4 heteroatoms. The van der Waals surface area contributed by atoms with Crippen molar-refractivity contribution < 1.29 is 14.3 Å². The minimum Gasteiger partial charge on any atom is -0.497 e. The molecule has 2 aromatic rings. The Morgan fingerprint density at radius 2 is 1.60 bits per heavy atom. The first-order chi connectivity index (χ1) is 11.8. The molecule has 134 valence electrons. The average Bonchev–Trinajstić information content (AvgIpc) is 2.58. The summed E-state index contributed by atoms with van der Waals surface area (Å²) in [5, 5.41) is 3.46. The van der Waals surface area contributed by atoms with Gasteiger partial charge in [0, 0.05) is 5.69 Å². The van der Waals surface area contributed by atoms with E-state index in [0.717, 1.165) is 17.0 Å². The number of methoxy groups -OCH3 is 1. The Balaban J connectivity index is 2.28. The standard InChI is InChI=1S/C21H27NO3/c1-15(20(23)25-21(2,3)4)19(22-17-9-7-6-8-10-17)16-11-13-18(24-5)14-12-16/h6-15,19,22H,1-5H3/t15-,19+/m1/s1. The normalized spacial score (nSPS) is 13.6. The van der Waals surface area contributed by atoms with Gasteiger partial charge in [-0.2, -0.15) is 0 Å². The summed E-state index contributed by atoms with van der Waals surface area (Å²) in [7, 11) is 1.64. The van der Waals surface area contributed by atoms with Gasteiger partial charge in [-0.05, 0) is 57.5 Å². The van der Waals surface area contributed by atoms with Crippen molar-refractivity contribution >= 4 is 11.7 Å². The molecule has 0 aliphatic heterocycles. The number of para-hydroxylation sites is 1. The van der Waals surface area contributed by atoms with E-state index in [1.165, 1.54) is 0 Å². The number of carbonyl (C=O) groups excluding carboxylic acids is 1. The minimum absolute atomic E-state index is 0.205. The van der Waals surface area contributed by atoms with Crippen LogP contribution in [0.4, 0.5) is 5.69 Å². The van der Waals surface area contributed by atoms with Crippen molar-refractivity contribution in [1.82, 2.24) is 0 Å². The van der Waals surface area contributed by atoms with E-state index in [1.807, 2.05) is 82.3 Å². The highest BCUT2D eigenvalue weighted by Crippen LogP contribution is 2.30. The minimum atomic E-state index is -0.511. The molecule has 2 aromatic carbocycles. The Labute approximate surface area is 150 Å². The second-order valence-corrected chi connectivity index (χ2v) is 7.08. The number of hydrogen-bond donors (Lipinski definition) is 1. The first kappa shape index (κ1) is 18.8. The van der Waals surface area contributed by atoms with Crippen molar-refractivity contribution in [2.24, 2.45) is 5.92 Å². The highest BCUT2D eigenvalue weighted by Gasteiger charge is 2.29. The highest BCUT2D eigenvalue weighted by molar-refractivity contribution is 5.74. The molecule has 1 N–H and O–H groups in total. The van der Waals surface area contributed by atoms with Crippen LogP contribution in [-0.4, -0.2) is 18.7 Å². The predicted octanol–water partition coefficient (Wildman–Crippen LogP) is 4.83. The van der Waals surface area contributed by atoms with Gasteiger partial charge in [0.15, 0.2) is 0 Å². The third kappa shape index (κ3) is 5.52. The van der Waals surface area contributed by atoms with Crippen molar-refractivity contribution in [2.45, 2.75) is 39.3 Å². The van der Waals surface area contributed by atoms with Crippen LogP contribution in [0.25, 0.3) is 0 Å². The van der Waals surface area contributed by atoms with Crippen LogP contribution in [-0.2, 0) is 9.53 Å². The van der Waals surface area contributed by atoms with Crippen molar-refractivity contribution in [3.8, 4) is 5.75 Å².